The van der Waals surface area contributed by atoms with Crippen molar-refractivity contribution < 1.29 is 28.7 Å². The van der Waals surface area contributed by atoms with Crippen molar-refractivity contribution >= 4 is 29.4 Å². The first-order valence-electron chi connectivity index (χ1n) is 12.2. The van der Waals surface area contributed by atoms with E-state index in [1.165, 1.54) is 0 Å². The minimum atomic E-state index is -1.06. The number of amides is 3. The van der Waals surface area contributed by atoms with Gasteiger partial charge < -0.3 is 14.8 Å². The maximum atomic E-state index is 13.1. The number of esters is 1. The van der Waals surface area contributed by atoms with Crippen LogP contribution in [-0.2, 0) is 23.9 Å². The number of allylic oxidation sites excluding steroid dienone is 2. The molecule has 1 saturated carbocycles. The largest absolute Gasteiger partial charge is 0.457 e. The van der Waals surface area contributed by atoms with Crippen molar-refractivity contribution in [3.63, 3.8) is 0 Å². The van der Waals surface area contributed by atoms with Gasteiger partial charge in [-0.3, -0.25) is 19.3 Å². The molecule has 2 aliphatic carbocycles. The lowest BCUT2D eigenvalue weighted by Gasteiger charge is -2.28. The fraction of sp³-hybridized carbons (Fsp3) is 0.357. The van der Waals surface area contributed by atoms with Gasteiger partial charge in [0.05, 0.1) is 11.8 Å². The van der Waals surface area contributed by atoms with Crippen LogP contribution >= 0.6 is 0 Å². The van der Waals surface area contributed by atoms with Crippen molar-refractivity contribution in [2.24, 2.45) is 29.6 Å². The lowest BCUT2D eigenvalue weighted by Crippen LogP contribution is -2.50. The van der Waals surface area contributed by atoms with E-state index in [0.29, 0.717) is 17.2 Å². The Labute approximate surface area is 209 Å². The number of benzene rings is 2. The molecular weight excluding hydrogens is 460 g/mol. The minimum Gasteiger partial charge on any atom is -0.457 e. The molecule has 5 atom stereocenters. The molecule has 8 nitrogen and oxygen atoms in total. The number of anilines is 1. The van der Waals surface area contributed by atoms with Crippen LogP contribution < -0.4 is 10.1 Å². The molecule has 3 amide bonds. The van der Waals surface area contributed by atoms with Crippen LogP contribution in [-0.4, -0.2) is 41.2 Å². The van der Waals surface area contributed by atoms with Gasteiger partial charge in [0, 0.05) is 5.69 Å². The number of hydrogen-bond acceptors (Lipinski definition) is 6. The number of para-hydroxylation sites is 1. The molecule has 3 aliphatic rings. The van der Waals surface area contributed by atoms with Gasteiger partial charge in [0.1, 0.15) is 17.5 Å². The van der Waals surface area contributed by atoms with Gasteiger partial charge in [-0.05, 0) is 60.6 Å². The number of nitrogens with one attached hydrogen (secondary N) is 1. The van der Waals surface area contributed by atoms with Crippen molar-refractivity contribution in [1.29, 1.82) is 0 Å². The summed E-state index contributed by atoms with van der Waals surface area (Å²) in [4.78, 5) is 52.7. The van der Waals surface area contributed by atoms with E-state index < -0.39 is 36.4 Å². The minimum absolute atomic E-state index is 0.0561. The SMILES string of the molecule is CC(C)[C@H](C(=O)OCC(=O)Nc1ccc(Oc2ccccc2)cc1)N1C(=O)[C@@H]2[C@H](C1=O)[C@H]1C=C[C@H]2C1. The molecule has 1 aliphatic heterocycles. The smallest absolute Gasteiger partial charge is 0.330 e. The van der Waals surface area contributed by atoms with Crippen LogP contribution in [0.3, 0.4) is 0 Å². The third kappa shape index (κ3) is 4.39. The van der Waals surface area contributed by atoms with Gasteiger partial charge in [0.25, 0.3) is 5.91 Å². The molecule has 8 heteroatoms. The second kappa shape index (κ2) is 9.60. The van der Waals surface area contributed by atoms with E-state index in [0.717, 1.165) is 11.3 Å². The lowest BCUT2D eigenvalue weighted by atomic mass is 9.85. The zero-order chi connectivity index (χ0) is 25.4. The molecule has 1 saturated heterocycles. The van der Waals surface area contributed by atoms with Crippen LogP contribution in [0.25, 0.3) is 0 Å². The summed E-state index contributed by atoms with van der Waals surface area (Å²) >= 11 is 0. The highest BCUT2D eigenvalue weighted by atomic mass is 16.5. The van der Waals surface area contributed by atoms with Gasteiger partial charge in [-0.15, -0.1) is 0 Å². The Morgan fingerprint density at radius 1 is 0.917 bits per heavy atom. The first-order chi connectivity index (χ1) is 17.3. The summed E-state index contributed by atoms with van der Waals surface area (Å²) in [6.07, 6.45) is 4.83. The maximum Gasteiger partial charge on any atom is 0.330 e. The standard InChI is InChI=1S/C28H28N2O6/c1-16(2)25(30-26(32)23-17-8-9-18(14-17)24(23)27(30)33)28(34)35-15-22(31)29-19-10-12-21(13-11-19)36-20-6-4-3-5-7-20/h3-13,16-18,23-25H,14-15H2,1-2H3,(H,29,31)/t17-,18-,23-,24+,25+/m0/s1. The number of hydrogen-bond donors (Lipinski definition) is 1. The van der Waals surface area contributed by atoms with Gasteiger partial charge in [0.15, 0.2) is 6.61 Å². The molecule has 2 bridgehead atoms. The van der Waals surface area contributed by atoms with Gasteiger partial charge >= 0.3 is 5.97 Å². The van der Waals surface area contributed by atoms with E-state index in [1.54, 1.807) is 38.1 Å². The number of likely N-dealkylation sites (tertiary alicyclic amines) is 1. The molecule has 1 N–H and O–H groups in total. The van der Waals surface area contributed by atoms with Crippen LogP contribution in [0.2, 0.25) is 0 Å². The van der Waals surface area contributed by atoms with E-state index in [9.17, 15) is 19.2 Å². The summed E-state index contributed by atoms with van der Waals surface area (Å²) in [5, 5.41) is 2.67. The van der Waals surface area contributed by atoms with E-state index in [1.807, 2.05) is 42.5 Å². The Hall–Kier alpha value is -3.94. The van der Waals surface area contributed by atoms with Crippen LogP contribution in [0, 0.1) is 29.6 Å². The molecule has 0 spiro atoms. The highest BCUT2D eigenvalue weighted by Crippen LogP contribution is 2.53. The molecule has 2 fully saturated rings. The first-order valence-corrected chi connectivity index (χ1v) is 12.2. The first kappa shape index (κ1) is 23.8. The number of nitrogens with zero attached hydrogens (tertiary/aromatic N) is 1. The third-order valence-corrected chi connectivity index (χ3v) is 7.12. The van der Waals surface area contributed by atoms with E-state index in [4.69, 9.17) is 9.47 Å². The van der Waals surface area contributed by atoms with Gasteiger partial charge in [0.2, 0.25) is 11.8 Å². The van der Waals surface area contributed by atoms with E-state index in [-0.39, 0.29) is 29.6 Å². The molecule has 2 aromatic rings. The Morgan fingerprint density at radius 2 is 1.50 bits per heavy atom. The van der Waals surface area contributed by atoms with Crippen LogP contribution in [0.15, 0.2) is 66.7 Å². The van der Waals surface area contributed by atoms with Crippen molar-refractivity contribution in [2.75, 3.05) is 11.9 Å². The molecule has 36 heavy (non-hydrogen) atoms. The summed E-state index contributed by atoms with van der Waals surface area (Å²) in [6.45, 7) is 2.99. The quantitative estimate of drug-likeness (QED) is 0.345. The molecule has 1 heterocycles. The summed E-state index contributed by atoms with van der Waals surface area (Å²) < 4.78 is 11.0. The Bertz CT molecular complexity index is 1180. The zero-order valence-electron chi connectivity index (χ0n) is 20.1. The third-order valence-electron chi connectivity index (χ3n) is 7.12. The predicted molar refractivity (Wildman–Crippen MR) is 131 cm³/mol. The number of carbonyl (C=O) groups is 4. The van der Waals surface area contributed by atoms with E-state index >= 15 is 0 Å². The van der Waals surface area contributed by atoms with Crippen LogP contribution in [0.4, 0.5) is 5.69 Å². The molecule has 0 aromatic heterocycles. The van der Waals surface area contributed by atoms with E-state index in [2.05, 4.69) is 5.32 Å². The van der Waals surface area contributed by atoms with Gasteiger partial charge in [-0.25, -0.2) is 4.79 Å². The fourth-order valence-corrected chi connectivity index (χ4v) is 5.53. The highest BCUT2D eigenvalue weighted by Gasteiger charge is 2.61. The lowest BCUT2D eigenvalue weighted by molar-refractivity contribution is -0.162. The maximum absolute atomic E-state index is 13.1. The fourth-order valence-electron chi connectivity index (χ4n) is 5.53. The van der Waals surface area contributed by atoms with Crippen molar-refractivity contribution in [3.8, 4) is 11.5 Å². The highest BCUT2D eigenvalue weighted by molar-refractivity contribution is 6.09. The van der Waals surface area contributed by atoms with Crippen molar-refractivity contribution in [3.05, 3.63) is 66.7 Å². The Kier molecular flexibility index (Phi) is 6.35. The number of carbonyl (C=O) groups excluding carboxylic acids is 4. The average molecular weight is 489 g/mol. The second-order valence-corrected chi connectivity index (χ2v) is 9.83. The molecule has 186 valence electrons. The summed E-state index contributed by atoms with van der Waals surface area (Å²) in [6, 6.07) is 15.0. The van der Waals surface area contributed by atoms with Gasteiger partial charge in [-0.1, -0.05) is 44.2 Å². The molecule has 5 rings (SSSR count). The molecule has 2 aromatic carbocycles. The van der Waals surface area contributed by atoms with Crippen LogP contribution in [0.1, 0.15) is 20.3 Å². The number of ether oxygens (including phenoxy) is 2. The molecule has 0 radical (unpaired) electrons. The summed E-state index contributed by atoms with van der Waals surface area (Å²) in [5.41, 5.74) is 0.512. The second-order valence-electron chi connectivity index (χ2n) is 9.83. The Balaban J connectivity index is 1.17. The number of rotatable bonds is 8. The normalized spacial score (nSPS) is 24.7. The summed E-state index contributed by atoms with van der Waals surface area (Å²) in [7, 11) is 0. The van der Waals surface area contributed by atoms with Crippen molar-refractivity contribution in [2.45, 2.75) is 26.3 Å². The topological polar surface area (TPSA) is 102 Å². The zero-order valence-corrected chi connectivity index (χ0v) is 20.1. The van der Waals surface area contributed by atoms with Gasteiger partial charge in [-0.2, -0.15) is 0 Å². The Morgan fingerprint density at radius 3 is 2.08 bits per heavy atom. The summed E-state index contributed by atoms with van der Waals surface area (Å²) in [5.74, 6) is -1.61. The van der Waals surface area contributed by atoms with Crippen LogP contribution in [0.5, 0.6) is 11.5 Å². The number of imide groups is 1. The monoisotopic (exact) mass is 488 g/mol. The van der Waals surface area contributed by atoms with Crippen molar-refractivity contribution in [1.82, 2.24) is 4.90 Å². The molecular formula is C28H28N2O6. The number of fused-ring (bicyclic) bond motifs is 5. The molecule has 0 unspecified atom stereocenters. The average Bonchev–Trinajstić information content (AvgIpc) is 3.55. The predicted octanol–water partition coefficient (Wildman–Crippen LogP) is 3.79.